The molecule has 5 nitrogen and oxygen atoms in total. The Morgan fingerprint density at radius 2 is 2.46 bits per heavy atom. The maximum atomic E-state index is 4.33. The lowest BCUT2D eigenvalue weighted by Gasteiger charge is -2.16. The molecule has 0 fully saturated rings. The van der Waals surface area contributed by atoms with Crippen LogP contribution in [0.5, 0.6) is 0 Å². The molecule has 0 aliphatic carbocycles. The van der Waals surface area contributed by atoms with Crippen LogP contribution in [-0.4, -0.2) is 23.1 Å². The minimum absolute atomic E-state index is 0.104. The lowest BCUT2D eigenvalue weighted by Crippen LogP contribution is -2.23. The molecule has 2 aliphatic heterocycles. The van der Waals surface area contributed by atoms with Gasteiger partial charge < -0.3 is 5.32 Å². The van der Waals surface area contributed by atoms with Crippen molar-refractivity contribution in [2.45, 2.75) is 19.0 Å². The molecule has 0 spiro atoms. The average Bonchev–Trinajstić information content (AvgIpc) is 2.44. The van der Waals surface area contributed by atoms with Crippen LogP contribution in [0.1, 0.15) is 23.8 Å². The first-order valence-electron chi connectivity index (χ1n) is 4.54. The molecule has 1 unspecified atom stereocenters. The first kappa shape index (κ1) is 7.08. The maximum absolute atomic E-state index is 4.33. The standard InChI is InChI=1S/C8H11N5/c1-2-5-6-7(9-3-1)10-4-11-8(6)13-12-5/h4,7,9H,1-3H2,(H2,10,11,12,13). The van der Waals surface area contributed by atoms with Crippen molar-refractivity contribution in [1.29, 1.82) is 0 Å². The summed E-state index contributed by atoms with van der Waals surface area (Å²) >= 11 is 0. The summed E-state index contributed by atoms with van der Waals surface area (Å²) in [6, 6.07) is 0. The lowest BCUT2D eigenvalue weighted by molar-refractivity contribution is 0.562. The summed E-state index contributed by atoms with van der Waals surface area (Å²) in [6.45, 7) is 1.02. The lowest BCUT2D eigenvalue weighted by atomic mass is 10.1. The van der Waals surface area contributed by atoms with Gasteiger partial charge in [-0.3, -0.25) is 15.4 Å². The number of hydrogen-bond acceptors (Lipinski definition) is 4. The summed E-state index contributed by atoms with van der Waals surface area (Å²) < 4.78 is 0. The van der Waals surface area contributed by atoms with Crippen LogP contribution in [0.25, 0.3) is 0 Å². The van der Waals surface area contributed by atoms with Crippen LogP contribution < -0.4 is 10.6 Å². The molecule has 1 aromatic heterocycles. The Bertz CT molecular complexity index is 353. The first-order chi connectivity index (χ1) is 6.45. The van der Waals surface area contributed by atoms with Crippen molar-refractivity contribution in [3.63, 3.8) is 0 Å². The molecule has 0 saturated heterocycles. The highest BCUT2D eigenvalue weighted by molar-refractivity contribution is 5.78. The van der Waals surface area contributed by atoms with Crippen LogP contribution in [0.15, 0.2) is 4.99 Å². The van der Waals surface area contributed by atoms with Gasteiger partial charge >= 0.3 is 0 Å². The summed E-state index contributed by atoms with van der Waals surface area (Å²) in [6.07, 6.45) is 4.01. The molecule has 0 radical (unpaired) electrons. The molecule has 0 saturated carbocycles. The van der Waals surface area contributed by atoms with E-state index >= 15 is 0 Å². The van der Waals surface area contributed by atoms with E-state index in [9.17, 15) is 0 Å². The Kier molecular flexibility index (Phi) is 1.40. The molecular formula is C8H11N5. The molecule has 1 aromatic rings. The molecule has 0 amide bonds. The van der Waals surface area contributed by atoms with Crippen LogP contribution in [0.3, 0.4) is 0 Å². The minimum Gasteiger partial charge on any atom is -0.330 e. The van der Waals surface area contributed by atoms with Crippen LogP contribution >= 0.6 is 0 Å². The zero-order valence-corrected chi connectivity index (χ0v) is 7.17. The van der Waals surface area contributed by atoms with E-state index in [-0.39, 0.29) is 6.17 Å². The molecule has 3 N–H and O–H groups in total. The number of hydrogen-bond donors (Lipinski definition) is 3. The van der Waals surface area contributed by atoms with E-state index in [4.69, 9.17) is 0 Å². The second-order valence-corrected chi connectivity index (χ2v) is 3.35. The Balaban J connectivity index is 2.14. The van der Waals surface area contributed by atoms with Crippen molar-refractivity contribution in [2.75, 3.05) is 11.9 Å². The molecule has 2 aliphatic rings. The van der Waals surface area contributed by atoms with Crippen molar-refractivity contribution >= 4 is 12.2 Å². The SMILES string of the molecule is C1=NC2NCCCc3[nH]nc(c32)N1. The fourth-order valence-corrected chi connectivity index (χ4v) is 1.89. The Morgan fingerprint density at radius 1 is 1.46 bits per heavy atom. The van der Waals surface area contributed by atoms with E-state index in [0.29, 0.717) is 0 Å². The third-order valence-corrected chi connectivity index (χ3v) is 2.52. The van der Waals surface area contributed by atoms with E-state index in [1.165, 1.54) is 11.3 Å². The normalized spacial score (nSPS) is 24.8. The monoisotopic (exact) mass is 177 g/mol. The number of nitrogens with one attached hydrogen (secondary N) is 3. The van der Waals surface area contributed by atoms with E-state index in [1.807, 2.05) is 0 Å². The van der Waals surface area contributed by atoms with E-state index in [2.05, 4.69) is 25.8 Å². The molecule has 3 heterocycles. The molecule has 3 rings (SSSR count). The molecule has 1 atom stereocenters. The highest BCUT2D eigenvalue weighted by Crippen LogP contribution is 2.30. The number of anilines is 1. The number of aliphatic imine (C=N–C) groups is 1. The second kappa shape index (κ2) is 2.56. The highest BCUT2D eigenvalue weighted by Gasteiger charge is 2.25. The second-order valence-electron chi connectivity index (χ2n) is 3.35. The van der Waals surface area contributed by atoms with Crippen molar-refractivity contribution in [3.8, 4) is 0 Å². The van der Waals surface area contributed by atoms with Crippen LogP contribution in [0.4, 0.5) is 5.82 Å². The minimum atomic E-state index is 0.104. The predicted octanol–water partition coefficient (Wildman–Crippen LogP) is 0.398. The van der Waals surface area contributed by atoms with Crippen molar-refractivity contribution in [1.82, 2.24) is 15.5 Å². The van der Waals surface area contributed by atoms with Gasteiger partial charge in [-0.1, -0.05) is 0 Å². The van der Waals surface area contributed by atoms with Gasteiger partial charge in [-0.25, -0.2) is 0 Å². The predicted molar refractivity (Wildman–Crippen MR) is 49.8 cm³/mol. The van der Waals surface area contributed by atoms with E-state index < -0.39 is 0 Å². The van der Waals surface area contributed by atoms with Gasteiger partial charge in [-0.15, -0.1) is 0 Å². The molecular weight excluding hydrogens is 166 g/mol. The molecule has 13 heavy (non-hydrogen) atoms. The summed E-state index contributed by atoms with van der Waals surface area (Å²) in [5, 5.41) is 13.7. The maximum Gasteiger partial charge on any atom is 0.159 e. The van der Waals surface area contributed by atoms with Gasteiger partial charge in [0.05, 0.1) is 11.9 Å². The number of aromatic nitrogens is 2. The first-order valence-corrected chi connectivity index (χ1v) is 4.54. The number of aryl methyl sites for hydroxylation is 1. The van der Waals surface area contributed by atoms with Crippen molar-refractivity contribution in [3.05, 3.63) is 11.3 Å². The van der Waals surface area contributed by atoms with Crippen LogP contribution in [0.2, 0.25) is 0 Å². The smallest absolute Gasteiger partial charge is 0.159 e. The highest BCUT2D eigenvalue weighted by atomic mass is 15.2. The number of aromatic amines is 1. The molecule has 0 aromatic carbocycles. The fraction of sp³-hybridized carbons (Fsp3) is 0.500. The van der Waals surface area contributed by atoms with Gasteiger partial charge in [0.15, 0.2) is 5.82 Å². The topological polar surface area (TPSA) is 65.1 Å². The molecule has 5 heteroatoms. The third kappa shape index (κ3) is 0.968. The Hall–Kier alpha value is -1.36. The van der Waals surface area contributed by atoms with Crippen LogP contribution in [-0.2, 0) is 6.42 Å². The number of rotatable bonds is 0. The summed E-state index contributed by atoms with van der Waals surface area (Å²) in [4.78, 5) is 4.33. The van der Waals surface area contributed by atoms with Gasteiger partial charge in [0.2, 0.25) is 0 Å². The zero-order valence-electron chi connectivity index (χ0n) is 7.17. The Labute approximate surface area is 75.6 Å². The Morgan fingerprint density at radius 3 is 3.46 bits per heavy atom. The van der Waals surface area contributed by atoms with E-state index in [1.54, 1.807) is 6.34 Å². The molecule has 68 valence electrons. The van der Waals surface area contributed by atoms with Crippen molar-refractivity contribution < 1.29 is 0 Å². The summed E-state index contributed by atoms with van der Waals surface area (Å²) in [5.74, 6) is 0.921. The molecule has 0 bridgehead atoms. The van der Waals surface area contributed by atoms with Gasteiger partial charge in [0.25, 0.3) is 0 Å². The van der Waals surface area contributed by atoms with Crippen LogP contribution in [0, 0.1) is 0 Å². The average molecular weight is 177 g/mol. The summed E-state index contributed by atoms with van der Waals surface area (Å²) in [5.41, 5.74) is 2.41. The van der Waals surface area contributed by atoms with E-state index in [0.717, 1.165) is 25.2 Å². The third-order valence-electron chi connectivity index (χ3n) is 2.52. The number of H-pyrrole nitrogens is 1. The zero-order chi connectivity index (χ0) is 8.67. The largest absolute Gasteiger partial charge is 0.330 e. The van der Waals surface area contributed by atoms with Crippen molar-refractivity contribution in [2.24, 2.45) is 4.99 Å². The fourth-order valence-electron chi connectivity index (χ4n) is 1.89. The quantitative estimate of drug-likeness (QED) is 0.537. The number of nitrogens with zero attached hydrogens (tertiary/aromatic N) is 2. The van der Waals surface area contributed by atoms with Gasteiger partial charge in [-0.05, 0) is 19.4 Å². The summed E-state index contributed by atoms with van der Waals surface area (Å²) in [7, 11) is 0. The van der Waals surface area contributed by atoms with Gasteiger partial charge in [0.1, 0.15) is 6.17 Å². The van der Waals surface area contributed by atoms with Gasteiger partial charge in [-0.2, -0.15) is 5.10 Å². The van der Waals surface area contributed by atoms with Gasteiger partial charge in [0, 0.05) is 5.69 Å².